The molecule has 21 heavy (non-hydrogen) atoms. The Morgan fingerprint density at radius 1 is 1.10 bits per heavy atom. The monoisotopic (exact) mass is 306 g/mol. The van der Waals surface area contributed by atoms with Crippen LogP contribution in [0.5, 0.6) is 0 Å². The maximum atomic E-state index is 13.2. The third-order valence-corrected chi connectivity index (χ3v) is 4.91. The minimum atomic E-state index is -3.66. The largest absolute Gasteiger partial charge is 0.309 e. The molecule has 0 amide bonds. The summed E-state index contributed by atoms with van der Waals surface area (Å²) in [5.74, 6) is -0.360. The summed E-state index contributed by atoms with van der Waals surface area (Å²) in [6.07, 6.45) is 0. The Bertz CT molecular complexity index is 803. The number of aryl methyl sites for hydroxylation is 1. The molecule has 1 heterocycles. The van der Waals surface area contributed by atoms with Crippen LogP contribution in [-0.4, -0.2) is 8.42 Å². The Labute approximate surface area is 123 Å². The van der Waals surface area contributed by atoms with Gasteiger partial charge in [0.2, 0.25) is 0 Å². The molecule has 2 aromatic carbocycles. The van der Waals surface area contributed by atoms with Crippen LogP contribution in [0.2, 0.25) is 0 Å². The quantitative estimate of drug-likeness (QED) is 0.916. The lowest BCUT2D eigenvalue weighted by atomic mass is 10.1. The fraction of sp³-hybridized carbons (Fsp3) is 0.200. The fourth-order valence-corrected chi connectivity index (χ4v) is 3.46. The van der Waals surface area contributed by atoms with Gasteiger partial charge in [-0.25, -0.2) is 12.8 Å². The Morgan fingerprint density at radius 2 is 1.86 bits per heavy atom. The Morgan fingerprint density at radius 3 is 2.62 bits per heavy atom. The van der Waals surface area contributed by atoms with E-state index in [1.165, 1.54) is 18.2 Å². The third-order valence-electron chi connectivity index (χ3n) is 3.53. The topological polar surface area (TPSA) is 58.2 Å². The summed E-state index contributed by atoms with van der Waals surface area (Å²) in [6.45, 7) is 3.03. The van der Waals surface area contributed by atoms with Gasteiger partial charge < -0.3 is 5.32 Å². The van der Waals surface area contributed by atoms with Crippen molar-refractivity contribution in [3.63, 3.8) is 0 Å². The SMILES string of the molecule is Cc1cc(NS(=O)(=O)c2ccc3c(c2)CNC3)ccc1F. The zero-order chi connectivity index (χ0) is 15.0. The van der Waals surface area contributed by atoms with Crippen molar-refractivity contribution in [3.05, 3.63) is 58.9 Å². The van der Waals surface area contributed by atoms with Crippen LogP contribution in [-0.2, 0) is 23.1 Å². The van der Waals surface area contributed by atoms with E-state index in [-0.39, 0.29) is 10.7 Å². The van der Waals surface area contributed by atoms with Crippen LogP contribution < -0.4 is 10.0 Å². The molecular weight excluding hydrogens is 291 g/mol. The number of nitrogens with one attached hydrogen (secondary N) is 2. The number of halogens is 1. The number of fused-ring (bicyclic) bond motifs is 1. The van der Waals surface area contributed by atoms with Crippen molar-refractivity contribution < 1.29 is 12.8 Å². The van der Waals surface area contributed by atoms with Crippen molar-refractivity contribution in [1.29, 1.82) is 0 Å². The van der Waals surface area contributed by atoms with E-state index >= 15 is 0 Å². The zero-order valence-electron chi connectivity index (χ0n) is 11.5. The number of rotatable bonds is 3. The zero-order valence-corrected chi connectivity index (χ0v) is 12.3. The van der Waals surface area contributed by atoms with Crippen molar-refractivity contribution in [1.82, 2.24) is 5.32 Å². The minimum Gasteiger partial charge on any atom is -0.309 e. The number of benzene rings is 2. The van der Waals surface area contributed by atoms with E-state index in [4.69, 9.17) is 0 Å². The van der Waals surface area contributed by atoms with Gasteiger partial charge in [-0.1, -0.05) is 6.07 Å². The molecule has 0 bridgehead atoms. The molecule has 4 nitrogen and oxygen atoms in total. The molecule has 110 valence electrons. The summed E-state index contributed by atoms with van der Waals surface area (Å²) >= 11 is 0. The second-order valence-electron chi connectivity index (χ2n) is 5.10. The summed E-state index contributed by atoms with van der Waals surface area (Å²) in [4.78, 5) is 0.215. The van der Waals surface area contributed by atoms with Crippen molar-refractivity contribution in [2.75, 3.05) is 4.72 Å². The highest BCUT2D eigenvalue weighted by Gasteiger charge is 2.18. The average molecular weight is 306 g/mol. The lowest BCUT2D eigenvalue weighted by Gasteiger charge is -2.10. The van der Waals surface area contributed by atoms with Gasteiger partial charge in [0, 0.05) is 18.8 Å². The molecule has 6 heteroatoms. The second-order valence-corrected chi connectivity index (χ2v) is 6.79. The van der Waals surface area contributed by atoms with E-state index in [0.717, 1.165) is 17.7 Å². The van der Waals surface area contributed by atoms with Crippen LogP contribution in [0.25, 0.3) is 0 Å². The first kappa shape index (κ1) is 14.0. The van der Waals surface area contributed by atoms with Crippen molar-refractivity contribution in [3.8, 4) is 0 Å². The highest BCUT2D eigenvalue weighted by atomic mass is 32.2. The molecule has 2 aromatic rings. The normalized spacial score (nSPS) is 14.0. The van der Waals surface area contributed by atoms with E-state index in [1.807, 2.05) is 6.07 Å². The number of anilines is 1. The first-order valence-electron chi connectivity index (χ1n) is 6.57. The van der Waals surface area contributed by atoms with Gasteiger partial charge in [0.05, 0.1) is 4.90 Å². The van der Waals surface area contributed by atoms with Gasteiger partial charge in [-0.15, -0.1) is 0 Å². The van der Waals surface area contributed by atoms with E-state index in [2.05, 4.69) is 10.0 Å². The van der Waals surface area contributed by atoms with Crippen LogP contribution in [0.15, 0.2) is 41.3 Å². The summed E-state index contributed by atoms with van der Waals surface area (Å²) < 4.78 is 40.4. The van der Waals surface area contributed by atoms with Crippen LogP contribution in [0, 0.1) is 12.7 Å². The molecule has 2 N–H and O–H groups in total. The minimum absolute atomic E-state index is 0.215. The molecule has 1 aliphatic rings. The van der Waals surface area contributed by atoms with Gasteiger partial charge in [-0.2, -0.15) is 0 Å². The number of hydrogen-bond donors (Lipinski definition) is 2. The van der Waals surface area contributed by atoms with Crippen molar-refractivity contribution in [2.24, 2.45) is 0 Å². The van der Waals surface area contributed by atoms with Crippen LogP contribution >= 0.6 is 0 Å². The molecule has 0 atom stereocenters. The molecule has 0 spiro atoms. The maximum Gasteiger partial charge on any atom is 0.261 e. The van der Waals surface area contributed by atoms with Gasteiger partial charge in [-0.3, -0.25) is 4.72 Å². The molecule has 0 unspecified atom stereocenters. The van der Waals surface area contributed by atoms with Gasteiger partial charge in [0.15, 0.2) is 0 Å². The predicted octanol–water partition coefficient (Wildman–Crippen LogP) is 2.54. The van der Waals surface area contributed by atoms with Crippen LogP contribution in [0.1, 0.15) is 16.7 Å². The number of sulfonamides is 1. The molecule has 0 saturated carbocycles. The lowest BCUT2D eigenvalue weighted by molar-refractivity contribution is 0.600. The Balaban J connectivity index is 1.91. The maximum absolute atomic E-state index is 13.2. The van der Waals surface area contributed by atoms with Crippen LogP contribution in [0.3, 0.4) is 0 Å². The Hall–Kier alpha value is -1.92. The van der Waals surface area contributed by atoms with E-state index in [0.29, 0.717) is 17.8 Å². The second kappa shape index (κ2) is 5.13. The third kappa shape index (κ3) is 2.77. The van der Waals surface area contributed by atoms with E-state index < -0.39 is 10.0 Å². The van der Waals surface area contributed by atoms with E-state index in [1.54, 1.807) is 19.1 Å². The fourth-order valence-electron chi connectivity index (χ4n) is 2.36. The highest BCUT2D eigenvalue weighted by molar-refractivity contribution is 7.92. The molecule has 0 saturated heterocycles. The first-order valence-corrected chi connectivity index (χ1v) is 8.05. The molecule has 0 radical (unpaired) electrons. The highest BCUT2D eigenvalue weighted by Crippen LogP contribution is 2.23. The van der Waals surface area contributed by atoms with E-state index in [9.17, 15) is 12.8 Å². The van der Waals surface area contributed by atoms with Gasteiger partial charge in [0.1, 0.15) is 5.82 Å². The molecule has 0 aromatic heterocycles. The predicted molar refractivity (Wildman–Crippen MR) is 78.9 cm³/mol. The molecule has 0 fully saturated rings. The molecule has 1 aliphatic heterocycles. The van der Waals surface area contributed by atoms with Crippen LogP contribution in [0.4, 0.5) is 10.1 Å². The Kier molecular flexibility index (Phi) is 3.43. The first-order chi connectivity index (χ1) is 9.95. The van der Waals surface area contributed by atoms with Gasteiger partial charge >= 0.3 is 0 Å². The lowest BCUT2D eigenvalue weighted by Crippen LogP contribution is -2.13. The summed E-state index contributed by atoms with van der Waals surface area (Å²) in [5.41, 5.74) is 2.86. The summed E-state index contributed by atoms with van der Waals surface area (Å²) in [5, 5.41) is 3.17. The van der Waals surface area contributed by atoms with Gasteiger partial charge in [0.25, 0.3) is 10.0 Å². The summed E-state index contributed by atoms with van der Waals surface area (Å²) in [6, 6.07) is 9.22. The smallest absolute Gasteiger partial charge is 0.261 e. The molecule has 0 aliphatic carbocycles. The molecular formula is C15H15FN2O2S. The summed E-state index contributed by atoms with van der Waals surface area (Å²) in [7, 11) is -3.66. The van der Waals surface area contributed by atoms with Gasteiger partial charge in [-0.05, 0) is 53.9 Å². The van der Waals surface area contributed by atoms with Crippen molar-refractivity contribution >= 4 is 15.7 Å². The van der Waals surface area contributed by atoms with Crippen molar-refractivity contribution in [2.45, 2.75) is 24.9 Å². The molecule has 3 rings (SSSR count). The number of hydrogen-bond acceptors (Lipinski definition) is 3. The standard InChI is InChI=1S/C15H15FN2O2S/c1-10-6-13(3-5-15(10)16)18-21(19,20)14-4-2-11-8-17-9-12(11)7-14/h2-7,17-18H,8-9H2,1H3. The average Bonchev–Trinajstić information content (AvgIpc) is 2.90.